The van der Waals surface area contributed by atoms with Gasteiger partial charge in [-0.15, -0.1) is 24.0 Å². The molecule has 3 N–H and O–H groups in total. The summed E-state index contributed by atoms with van der Waals surface area (Å²) in [6.07, 6.45) is 0. The predicted molar refractivity (Wildman–Crippen MR) is 96.1 cm³/mol. The molecular formula is C15H26IN3O. The van der Waals surface area contributed by atoms with Crippen LogP contribution < -0.4 is 10.6 Å². The Bertz CT molecular complexity index is 410. The van der Waals surface area contributed by atoms with Crippen LogP contribution in [0.25, 0.3) is 0 Å². The molecule has 1 rings (SSSR count). The molecule has 0 radical (unpaired) electrons. The summed E-state index contributed by atoms with van der Waals surface area (Å²) in [5.74, 6) is 1.14. The second-order valence-corrected chi connectivity index (χ2v) is 4.69. The molecule has 1 unspecified atom stereocenters. The second kappa shape index (κ2) is 10.9. The minimum Gasteiger partial charge on any atom is -0.395 e. The predicted octanol–water partition coefficient (Wildman–Crippen LogP) is 2.26. The minimum atomic E-state index is 0. The fourth-order valence-corrected chi connectivity index (χ4v) is 1.83. The number of benzene rings is 1. The molecule has 0 aliphatic heterocycles. The molecule has 0 spiro atoms. The van der Waals surface area contributed by atoms with E-state index in [0.29, 0.717) is 12.5 Å². The van der Waals surface area contributed by atoms with Crippen molar-refractivity contribution in [1.29, 1.82) is 0 Å². The van der Waals surface area contributed by atoms with Crippen molar-refractivity contribution >= 4 is 29.9 Å². The topological polar surface area (TPSA) is 56.7 Å². The molecule has 5 heteroatoms. The van der Waals surface area contributed by atoms with E-state index < -0.39 is 0 Å². The molecule has 1 atom stereocenters. The van der Waals surface area contributed by atoms with Gasteiger partial charge in [0.1, 0.15) is 0 Å². The highest BCUT2D eigenvalue weighted by atomic mass is 127. The minimum absolute atomic E-state index is 0. The molecule has 0 aliphatic rings. The number of rotatable bonds is 6. The van der Waals surface area contributed by atoms with Gasteiger partial charge in [-0.25, -0.2) is 0 Å². The van der Waals surface area contributed by atoms with Crippen molar-refractivity contribution in [3.8, 4) is 0 Å². The fourth-order valence-electron chi connectivity index (χ4n) is 1.83. The lowest BCUT2D eigenvalue weighted by molar-refractivity contribution is 0.300. The molecule has 0 aromatic heterocycles. The second-order valence-electron chi connectivity index (χ2n) is 4.69. The first-order chi connectivity index (χ1) is 9.17. The zero-order chi connectivity index (χ0) is 14.1. The first-order valence-corrected chi connectivity index (χ1v) is 6.87. The zero-order valence-corrected chi connectivity index (χ0v) is 14.8. The number of halogens is 1. The van der Waals surface area contributed by atoms with Gasteiger partial charge < -0.3 is 15.7 Å². The molecule has 114 valence electrons. The number of hydrogen-bond donors (Lipinski definition) is 3. The fraction of sp³-hybridized carbons (Fsp3) is 0.533. The third kappa shape index (κ3) is 7.09. The molecule has 4 nitrogen and oxygen atoms in total. The Balaban J connectivity index is 0.00000361. The maximum atomic E-state index is 8.82. The van der Waals surface area contributed by atoms with Crippen LogP contribution in [0.3, 0.4) is 0 Å². The van der Waals surface area contributed by atoms with Crippen molar-refractivity contribution in [3.63, 3.8) is 0 Å². The molecule has 0 amide bonds. The van der Waals surface area contributed by atoms with Crippen LogP contribution in [0, 0.1) is 6.92 Å². The monoisotopic (exact) mass is 391 g/mol. The van der Waals surface area contributed by atoms with Crippen molar-refractivity contribution in [1.82, 2.24) is 10.6 Å². The Morgan fingerprint density at radius 3 is 2.70 bits per heavy atom. The van der Waals surface area contributed by atoms with E-state index in [-0.39, 0.29) is 30.6 Å². The van der Waals surface area contributed by atoms with Crippen LogP contribution in [0.1, 0.15) is 30.9 Å². The van der Waals surface area contributed by atoms with Gasteiger partial charge in [0.2, 0.25) is 0 Å². The molecule has 0 saturated carbocycles. The number of guanidine groups is 1. The summed E-state index contributed by atoms with van der Waals surface area (Å²) in [6, 6.07) is 8.53. The lowest BCUT2D eigenvalue weighted by atomic mass is 10.00. The van der Waals surface area contributed by atoms with Gasteiger partial charge in [-0.1, -0.05) is 36.8 Å². The first-order valence-electron chi connectivity index (χ1n) is 6.87. The van der Waals surface area contributed by atoms with Gasteiger partial charge in [0.25, 0.3) is 0 Å². The molecular weight excluding hydrogens is 365 g/mol. The lowest BCUT2D eigenvalue weighted by Gasteiger charge is -2.13. The Hall–Kier alpha value is -0.820. The molecule has 1 aromatic carbocycles. The summed E-state index contributed by atoms with van der Waals surface area (Å²) < 4.78 is 0. The van der Waals surface area contributed by atoms with Crippen LogP contribution in [-0.2, 0) is 0 Å². The van der Waals surface area contributed by atoms with E-state index in [1.807, 2.05) is 6.92 Å². The van der Waals surface area contributed by atoms with Gasteiger partial charge in [0, 0.05) is 25.6 Å². The molecule has 0 bridgehead atoms. The van der Waals surface area contributed by atoms with E-state index in [4.69, 9.17) is 5.11 Å². The molecule has 0 heterocycles. The average molecular weight is 391 g/mol. The summed E-state index contributed by atoms with van der Waals surface area (Å²) in [5, 5.41) is 15.1. The SMILES string of the molecule is CCNC(=NCC(C)c1cccc(C)c1)NCCO.I. The standard InChI is InChI=1S/C15H25N3O.HI/c1-4-16-15(17-8-9-19)18-11-13(3)14-7-5-6-12(2)10-14;/h5-7,10,13,19H,4,8-9,11H2,1-3H3,(H2,16,17,18);1H. The molecule has 20 heavy (non-hydrogen) atoms. The number of aliphatic hydroxyl groups is 1. The molecule has 0 aliphatic carbocycles. The smallest absolute Gasteiger partial charge is 0.191 e. The lowest BCUT2D eigenvalue weighted by Crippen LogP contribution is -2.38. The molecule has 0 saturated heterocycles. The van der Waals surface area contributed by atoms with E-state index in [1.165, 1.54) is 11.1 Å². The van der Waals surface area contributed by atoms with Gasteiger partial charge >= 0.3 is 0 Å². The van der Waals surface area contributed by atoms with Crippen molar-refractivity contribution < 1.29 is 5.11 Å². The number of nitrogens with one attached hydrogen (secondary N) is 2. The number of hydrogen-bond acceptors (Lipinski definition) is 2. The third-order valence-electron chi connectivity index (χ3n) is 2.88. The van der Waals surface area contributed by atoms with Gasteiger partial charge in [-0.05, 0) is 19.4 Å². The quantitative estimate of drug-likeness (QED) is 0.396. The average Bonchev–Trinajstić information content (AvgIpc) is 2.41. The summed E-state index contributed by atoms with van der Waals surface area (Å²) in [6.45, 7) is 8.48. The maximum Gasteiger partial charge on any atom is 0.191 e. The van der Waals surface area contributed by atoms with Crippen molar-refractivity contribution in [2.75, 3.05) is 26.2 Å². The summed E-state index contributed by atoms with van der Waals surface area (Å²) >= 11 is 0. The Morgan fingerprint density at radius 2 is 2.10 bits per heavy atom. The highest BCUT2D eigenvalue weighted by Gasteiger charge is 2.05. The van der Waals surface area contributed by atoms with Crippen LogP contribution in [-0.4, -0.2) is 37.3 Å². The number of aryl methyl sites for hydroxylation is 1. The van der Waals surface area contributed by atoms with Crippen molar-refractivity contribution in [2.24, 2.45) is 4.99 Å². The Kier molecular flexibility index (Phi) is 10.5. The van der Waals surface area contributed by atoms with E-state index in [1.54, 1.807) is 0 Å². The van der Waals surface area contributed by atoms with E-state index in [0.717, 1.165) is 19.0 Å². The van der Waals surface area contributed by atoms with Gasteiger partial charge in [0.05, 0.1) is 6.61 Å². The van der Waals surface area contributed by atoms with Crippen molar-refractivity contribution in [2.45, 2.75) is 26.7 Å². The number of nitrogens with zero attached hydrogens (tertiary/aromatic N) is 1. The molecule has 1 aromatic rings. The summed E-state index contributed by atoms with van der Waals surface area (Å²) in [4.78, 5) is 4.54. The van der Waals surface area contributed by atoms with Crippen LogP contribution in [0.15, 0.2) is 29.3 Å². The van der Waals surface area contributed by atoms with Crippen LogP contribution in [0.2, 0.25) is 0 Å². The summed E-state index contributed by atoms with van der Waals surface area (Å²) in [7, 11) is 0. The maximum absolute atomic E-state index is 8.82. The Morgan fingerprint density at radius 1 is 1.35 bits per heavy atom. The largest absolute Gasteiger partial charge is 0.395 e. The third-order valence-corrected chi connectivity index (χ3v) is 2.88. The molecule has 0 fully saturated rings. The highest BCUT2D eigenvalue weighted by molar-refractivity contribution is 14.0. The van der Waals surface area contributed by atoms with Crippen LogP contribution >= 0.6 is 24.0 Å². The first kappa shape index (κ1) is 19.2. The van der Waals surface area contributed by atoms with E-state index in [9.17, 15) is 0 Å². The van der Waals surface area contributed by atoms with Crippen LogP contribution in [0.5, 0.6) is 0 Å². The van der Waals surface area contributed by atoms with Crippen LogP contribution in [0.4, 0.5) is 0 Å². The number of aliphatic imine (C=N–C) groups is 1. The van der Waals surface area contributed by atoms with Gasteiger partial charge in [0.15, 0.2) is 5.96 Å². The normalized spacial score (nSPS) is 12.5. The zero-order valence-electron chi connectivity index (χ0n) is 12.5. The van der Waals surface area contributed by atoms with E-state index in [2.05, 4.69) is 53.7 Å². The number of aliphatic hydroxyl groups excluding tert-OH is 1. The summed E-state index contributed by atoms with van der Waals surface area (Å²) in [5.41, 5.74) is 2.58. The van der Waals surface area contributed by atoms with Gasteiger partial charge in [-0.3, -0.25) is 4.99 Å². The van der Waals surface area contributed by atoms with Gasteiger partial charge in [-0.2, -0.15) is 0 Å². The Labute approximate surface area is 139 Å². The van der Waals surface area contributed by atoms with E-state index >= 15 is 0 Å². The highest BCUT2D eigenvalue weighted by Crippen LogP contribution is 2.16. The van der Waals surface area contributed by atoms with Crippen molar-refractivity contribution in [3.05, 3.63) is 35.4 Å².